The normalized spacial score (nSPS) is 16.7. The molecule has 2 aromatic rings. The van der Waals surface area contributed by atoms with Crippen molar-refractivity contribution in [3.05, 3.63) is 59.9 Å². The first-order chi connectivity index (χ1) is 11.2. The van der Waals surface area contributed by atoms with Gasteiger partial charge in [0.1, 0.15) is 11.6 Å². The van der Waals surface area contributed by atoms with E-state index in [-0.39, 0.29) is 5.82 Å². The third-order valence-corrected chi connectivity index (χ3v) is 4.63. The van der Waals surface area contributed by atoms with Crippen LogP contribution in [0.2, 0.25) is 0 Å². The van der Waals surface area contributed by atoms with Crippen LogP contribution in [0.4, 0.5) is 10.1 Å². The van der Waals surface area contributed by atoms with E-state index in [0.29, 0.717) is 12.8 Å². The molecular formula is C19H19FN2O. The van der Waals surface area contributed by atoms with Crippen LogP contribution >= 0.6 is 0 Å². The van der Waals surface area contributed by atoms with Crippen molar-refractivity contribution in [1.29, 1.82) is 5.26 Å². The van der Waals surface area contributed by atoms with Crippen molar-refractivity contribution >= 4 is 5.69 Å². The van der Waals surface area contributed by atoms with Gasteiger partial charge in [0.2, 0.25) is 0 Å². The maximum atomic E-state index is 13.5. The summed E-state index contributed by atoms with van der Waals surface area (Å²) < 4.78 is 19.0. The number of anilines is 1. The molecule has 0 aliphatic carbocycles. The summed E-state index contributed by atoms with van der Waals surface area (Å²) in [6.07, 6.45) is 1.34. The molecule has 0 atom stereocenters. The molecule has 1 fully saturated rings. The summed E-state index contributed by atoms with van der Waals surface area (Å²) in [5.74, 6) is 0.548. The smallest absolute Gasteiger partial charge is 0.142 e. The van der Waals surface area contributed by atoms with Gasteiger partial charge in [-0.25, -0.2) is 4.39 Å². The molecular weight excluding hydrogens is 291 g/mol. The van der Waals surface area contributed by atoms with E-state index in [4.69, 9.17) is 4.74 Å². The van der Waals surface area contributed by atoms with Crippen molar-refractivity contribution in [2.24, 2.45) is 0 Å². The fourth-order valence-electron chi connectivity index (χ4n) is 3.27. The second-order valence-electron chi connectivity index (χ2n) is 5.86. The summed E-state index contributed by atoms with van der Waals surface area (Å²) in [5.41, 5.74) is 1.21. The van der Waals surface area contributed by atoms with E-state index in [1.807, 2.05) is 30.3 Å². The van der Waals surface area contributed by atoms with Gasteiger partial charge in [0.05, 0.1) is 24.3 Å². The molecule has 0 bridgehead atoms. The van der Waals surface area contributed by atoms with Crippen LogP contribution in [0.3, 0.4) is 0 Å². The zero-order chi connectivity index (χ0) is 16.3. The fourth-order valence-corrected chi connectivity index (χ4v) is 3.27. The minimum Gasteiger partial charge on any atom is -0.495 e. The van der Waals surface area contributed by atoms with Gasteiger partial charge < -0.3 is 9.64 Å². The molecule has 3 nitrogen and oxygen atoms in total. The summed E-state index contributed by atoms with van der Waals surface area (Å²) in [5, 5.41) is 9.73. The van der Waals surface area contributed by atoms with E-state index in [2.05, 4.69) is 11.0 Å². The largest absolute Gasteiger partial charge is 0.495 e. The summed E-state index contributed by atoms with van der Waals surface area (Å²) in [4.78, 5) is 2.23. The zero-order valence-corrected chi connectivity index (χ0v) is 13.1. The second kappa shape index (κ2) is 6.29. The van der Waals surface area contributed by atoms with Crippen molar-refractivity contribution < 1.29 is 9.13 Å². The lowest BCUT2D eigenvalue weighted by molar-refractivity contribution is 0.396. The first-order valence-electron chi connectivity index (χ1n) is 7.74. The number of halogens is 1. The molecule has 118 valence electrons. The molecule has 2 aromatic carbocycles. The van der Waals surface area contributed by atoms with Crippen molar-refractivity contribution in [2.45, 2.75) is 18.3 Å². The highest BCUT2D eigenvalue weighted by Crippen LogP contribution is 2.38. The minimum absolute atomic E-state index is 0.288. The van der Waals surface area contributed by atoms with Gasteiger partial charge in [-0.3, -0.25) is 0 Å². The van der Waals surface area contributed by atoms with E-state index in [9.17, 15) is 9.65 Å². The lowest BCUT2D eigenvalue weighted by Crippen LogP contribution is -2.42. The first-order valence-corrected chi connectivity index (χ1v) is 7.74. The maximum Gasteiger partial charge on any atom is 0.142 e. The Hall–Kier alpha value is -2.54. The predicted molar refractivity (Wildman–Crippen MR) is 88.1 cm³/mol. The number of hydrogen-bond acceptors (Lipinski definition) is 3. The Balaban J connectivity index is 1.83. The Morgan fingerprint density at radius 3 is 2.52 bits per heavy atom. The van der Waals surface area contributed by atoms with Gasteiger partial charge >= 0.3 is 0 Å². The van der Waals surface area contributed by atoms with Crippen LogP contribution in [0.5, 0.6) is 5.75 Å². The average Bonchev–Trinajstić information content (AvgIpc) is 2.62. The van der Waals surface area contributed by atoms with Crippen LogP contribution in [0.15, 0.2) is 48.5 Å². The fraction of sp³-hybridized carbons (Fsp3) is 0.316. The van der Waals surface area contributed by atoms with Gasteiger partial charge in [0, 0.05) is 13.1 Å². The molecule has 1 heterocycles. The number of hydrogen-bond donors (Lipinski definition) is 0. The molecule has 3 rings (SSSR count). The van der Waals surface area contributed by atoms with Crippen molar-refractivity contribution in [1.82, 2.24) is 0 Å². The molecule has 0 radical (unpaired) electrons. The number of rotatable bonds is 3. The molecule has 1 aliphatic heterocycles. The van der Waals surface area contributed by atoms with Crippen molar-refractivity contribution in [3.63, 3.8) is 0 Å². The summed E-state index contributed by atoms with van der Waals surface area (Å²) in [7, 11) is 1.66. The zero-order valence-electron chi connectivity index (χ0n) is 13.1. The van der Waals surface area contributed by atoms with Crippen LogP contribution in [-0.4, -0.2) is 20.2 Å². The number of nitriles is 1. The Bertz CT molecular complexity index is 730. The SMILES string of the molecule is COc1ccccc1N1CCC(C#N)(c2cccc(F)c2)CC1. The minimum atomic E-state index is -0.611. The molecule has 0 spiro atoms. The van der Waals surface area contributed by atoms with Gasteiger partial charge in [-0.15, -0.1) is 0 Å². The van der Waals surface area contributed by atoms with Gasteiger partial charge in [-0.05, 0) is 42.7 Å². The molecule has 1 saturated heterocycles. The van der Waals surface area contributed by atoms with Crippen LogP contribution in [-0.2, 0) is 5.41 Å². The highest BCUT2D eigenvalue weighted by molar-refractivity contribution is 5.59. The van der Waals surface area contributed by atoms with Gasteiger partial charge in [-0.1, -0.05) is 24.3 Å². The standard InChI is InChI=1S/C19H19FN2O/c1-23-18-8-3-2-7-17(18)22-11-9-19(14-21,10-12-22)15-5-4-6-16(20)13-15/h2-8,13H,9-12H2,1H3. The number of benzene rings is 2. The van der Waals surface area contributed by atoms with Crippen molar-refractivity contribution in [3.8, 4) is 11.8 Å². The van der Waals surface area contributed by atoms with E-state index in [1.165, 1.54) is 12.1 Å². The van der Waals surface area contributed by atoms with Crippen molar-refractivity contribution in [2.75, 3.05) is 25.1 Å². The lowest BCUT2D eigenvalue weighted by Gasteiger charge is -2.39. The Morgan fingerprint density at radius 1 is 1.13 bits per heavy atom. The Morgan fingerprint density at radius 2 is 1.87 bits per heavy atom. The number of ether oxygens (including phenoxy) is 1. The quantitative estimate of drug-likeness (QED) is 0.863. The topological polar surface area (TPSA) is 36.3 Å². The highest BCUT2D eigenvalue weighted by atomic mass is 19.1. The summed E-state index contributed by atoms with van der Waals surface area (Å²) >= 11 is 0. The van der Waals surface area contributed by atoms with E-state index < -0.39 is 5.41 Å². The molecule has 0 amide bonds. The lowest BCUT2D eigenvalue weighted by atomic mass is 9.74. The van der Waals surface area contributed by atoms with Crippen LogP contribution in [0.25, 0.3) is 0 Å². The molecule has 23 heavy (non-hydrogen) atoms. The van der Waals surface area contributed by atoms with Crippen LogP contribution < -0.4 is 9.64 Å². The molecule has 1 aliphatic rings. The van der Waals surface area contributed by atoms with Gasteiger partial charge in [-0.2, -0.15) is 5.26 Å². The number of methoxy groups -OCH3 is 1. The van der Waals surface area contributed by atoms with E-state index >= 15 is 0 Å². The maximum absolute atomic E-state index is 13.5. The predicted octanol–water partition coefficient (Wildman–Crippen LogP) is 3.90. The average molecular weight is 310 g/mol. The second-order valence-corrected chi connectivity index (χ2v) is 5.86. The third-order valence-electron chi connectivity index (χ3n) is 4.63. The molecule has 4 heteroatoms. The molecule has 0 unspecified atom stereocenters. The van der Waals surface area contributed by atoms with Gasteiger partial charge in [0.25, 0.3) is 0 Å². The van der Waals surface area contributed by atoms with Gasteiger partial charge in [0.15, 0.2) is 0 Å². The number of piperidine rings is 1. The number of para-hydroxylation sites is 2. The monoisotopic (exact) mass is 310 g/mol. The Kier molecular flexibility index (Phi) is 4.20. The highest BCUT2D eigenvalue weighted by Gasteiger charge is 2.37. The van der Waals surface area contributed by atoms with Crippen LogP contribution in [0, 0.1) is 17.1 Å². The van der Waals surface area contributed by atoms with Crippen LogP contribution in [0.1, 0.15) is 18.4 Å². The molecule has 0 N–H and O–H groups in total. The molecule has 0 aromatic heterocycles. The van der Waals surface area contributed by atoms with E-state index in [1.54, 1.807) is 13.2 Å². The Labute approximate surface area is 135 Å². The summed E-state index contributed by atoms with van der Waals surface area (Å²) in [6.45, 7) is 1.48. The third kappa shape index (κ3) is 2.87. The first kappa shape index (κ1) is 15.4. The number of nitrogens with zero attached hydrogens (tertiary/aromatic N) is 2. The summed E-state index contributed by atoms with van der Waals surface area (Å²) in [6, 6.07) is 16.8. The molecule has 0 saturated carbocycles. The van der Waals surface area contributed by atoms with E-state index in [0.717, 1.165) is 30.1 Å².